The molecule has 2 rings (SSSR count). The van der Waals surface area contributed by atoms with Crippen LogP contribution < -0.4 is 10.6 Å². The van der Waals surface area contributed by atoms with Crippen LogP contribution >= 0.6 is 11.3 Å². The number of hydrogen-bond donors (Lipinski definition) is 3. The SMILES string of the molecule is Cc1nc(CNC(=O)NCCCC2CCCCC2O)c(C)s1. The largest absolute Gasteiger partial charge is 0.393 e. The summed E-state index contributed by atoms with van der Waals surface area (Å²) in [4.78, 5) is 17.3. The molecular formula is C16H27N3O2S. The molecule has 1 heterocycles. The van der Waals surface area contributed by atoms with Gasteiger partial charge in [0.15, 0.2) is 0 Å². The van der Waals surface area contributed by atoms with E-state index in [1.165, 1.54) is 6.42 Å². The van der Waals surface area contributed by atoms with E-state index in [0.717, 1.165) is 47.7 Å². The molecule has 2 unspecified atom stereocenters. The summed E-state index contributed by atoms with van der Waals surface area (Å²) < 4.78 is 0. The van der Waals surface area contributed by atoms with E-state index >= 15 is 0 Å². The molecule has 1 fully saturated rings. The predicted molar refractivity (Wildman–Crippen MR) is 89.0 cm³/mol. The third-order valence-corrected chi connectivity index (χ3v) is 5.25. The highest BCUT2D eigenvalue weighted by atomic mass is 32.1. The van der Waals surface area contributed by atoms with Gasteiger partial charge < -0.3 is 15.7 Å². The maximum absolute atomic E-state index is 11.8. The molecule has 0 spiro atoms. The van der Waals surface area contributed by atoms with Crippen LogP contribution in [0.2, 0.25) is 0 Å². The zero-order valence-electron chi connectivity index (χ0n) is 13.5. The summed E-state index contributed by atoms with van der Waals surface area (Å²) in [6.07, 6.45) is 6.20. The summed E-state index contributed by atoms with van der Waals surface area (Å²) in [6.45, 7) is 5.13. The Hall–Kier alpha value is -1.14. The van der Waals surface area contributed by atoms with Gasteiger partial charge >= 0.3 is 6.03 Å². The van der Waals surface area contributed by atoms with Crippen molar-refractivity contribution >= 4 is 17.4 Å². The van der Waals surface area contributed by atoms with E-state index < -0.39 is 0 Å². The molecule has 5 nitrogen and oxygen atoms in total. The molecule has 22 heavy (non-hydrogen) atoms. The van der Waals surface area contributed by atoms with Crippen molar-refractivity contribution in [2.75, 3.05) is 6.54 Å². The van der Waals surface area contributed by atoms with Gasteiger partial charge in [-0.05, 0) is 45.4 Å². The molecule has 2 atom stereocenters. The Morgan fingerprint density at radius 2 is 2.09 bits per heavy atom. The molecule has 0 saturated heterocycles. The van der Waals surface area contributed by atoms with E-state index in [1.807, 2.05) is 13.8 Å². The maximum Gasteiger partial charge on any atom is 0.315 e. The highest BCUT2D eigenvalue weighted by molar-refractivity contribution is 7.11. The second-order valence-electron chi connectivity index (χ2n) is 6.10. The molecule has 3 N–H and O–H groups in total. The lowest BCUT2D eigenvalue weighted by atomic mass is 9.83. The summed E-state index contributed by atoms with van der Waals surface area (Å²) >= 11 is 1.65. The van der Waals surface area contributed by atoms with Crippen LogP contribution in [0.3, 0.4) is 0 Å². The molecule has 124 valence electrons. The van der Waals surface area contributed by atoms with Gasteiger partial charge in [-0.2, -0.15) is 0 Å². The number of rotatable bonds is 6. The fourth-order valence-electron chi connectivity index (χ4n) is 3.05. The number of aliphatic hydroxyl groups is 1. The molecule has 2 amide bonds. The van der Waals surface area contributed by atoms with Crippen LogP contribution in [0.1, 0.15) is 54.1 Å². The predicted octanol–water partition coefficient (Wildman–Crippen LogP) is 2.89. The van der Waals surface area contributed by atoms with Gasteiger partial charge in [-0.3, -0.25) is 0 Å². The first kappa shape index (κ1) is 17.2. The molecule has 0 radical (unpaired) electrons. The van der Waals surface area contributed by atoms with Gasteiger partial charge in [-0.1, -0.05) is 12.8 Å². The van der Waals surface area contributed by atoms with Crippen LogP contribution in [-0.4, -0.2) is 28.8 Å². The molecule has 0 aromatic carbocycles. The topological polar surface area (TPSA) is 74.2 Å². The maximum atomic E-state index is 11.8. The van der Waals surface area contributed by atoms with Gasteiger partial charge in [0, 0.05) is 11.4 Å². The van der Waals surface area contributed by atoms with Crippen molar-refractivity contribution in [1.82, 2.24) is 15.6 Å². The summed E-state index contributed by atoms with van der Waals surface area (Å²) in [5.41, 5.74) is 0.947. The lowest BCUT2D eigenvalue weighted by Crippen LogP contribution is -2.36. The number of nitrogens with one attached hydrogen (secondary N) is 2. The smallest absolute Gasteiger partial charge is 0.315 e. The quantitative estimate of drug-likeness (QED) is 0.704. The number of aliphatic hydroxyl groups excluding tert-OH is 1. The van der Waals surface area contributed by atoms with Crippen molar-refractivity contribution in [3.05, 3.63) is 15.6 Å². The highest BCUT2D eigenvalue weighted by Gasteiger charge is 2.22. The minimum Gasteiger partial charge on any atom is -0.393 e. The lowest BCUT2D eigenvalue weighted by Gasteiger charge is -2.27. The van der Waals surface area contributed by atoms with E-state index in [0.29, 0.717) is 19.0 Å². The van der Waals surface area contributed by atoms with Crippen molar-refractivity contribution in [3.63, 3.8) is 0 Å². The van der Waals surface area contributed by atoms with Gasteiger partial charge in [0.2, 0.25) is 0 Å². The van der Waals surface area contributed by atoms with Crippen LogP contribution in [0, 0.1) is 19.8 Å². The van der Waals surface area contributed by atoms with Gasteiger partial charge in [0.25, 0.3) is 0 Å². The monoisotopic (exact) mass is 325 g/mol. The minimum absolute atomic E-state index is 0.140. The third-order valence-electron chi connectivity index (χ3n) is 4.32. The average molecular weight is 325 g/mol. The van der Waals surface area contributed by atoms with E-state index in [2.05, 4.69) is 15.6 Å². The number of amides is 2. The van der Waals surface area contributed by atoms with Gasteiger partial charge in [0.1, 0.15) is 0 Å². The molecular weight excluding hydrogens is 298 g/mol. The number of nitrogens with zero attached hydrogens (tertiary/aromatic N) is 1. The summed E-state index contributed by atoms with van der Waals surface area (Å²) in [5, 5.41) is 16.7. The summed E-state index contributed by atoms with van der Waals surface area (Å²) in [7, 11) is 0. The number of aryl methyl sites for hydroxylation is 2. The Morgan fingerprint density at radius 3 is 2.77 bits per heavy atom. The number of thiazole rings is 1. The van der Waals surface area contributed by atoms with Crippen LogP contribution in [0.5, 0.6) is 0 Å². The Morgan fingerprint density at radius 1 is 1.32 bits per heavy atom. The molecule has 1 aliphatic carbocycles. The molecule has 0 bridgehead atoms. The molecule has 1 aliphatic rings. The van der Waals surface area contributed by atoms with Gasteiger partial charge in [0.05, 0.1) is 23.4 Å². The lowest BCUT2D eigenvalue weighted by molar-refractivity contribution is 0.0644. The Kier molecular flexibility index (Phi) is 6.64. The summed E-state index contributed by atoms with van der Waals surface area (Å²) in [6, 6.07) is -0.144. The summed E-state index contributed by atoms with van der Waals surface area (Å²) in [5.74, 6) is 0.416. The first-order chi connectivity index (χ1) is 10.6. The van der Waals surface area contributed by atoms with Crippen LogP contribution in [0.25, 0.3) is 0 Å². The number of carbonyl (C=O) groups excluding carboxylic acids is 1. The number of aromatic nitrogens is 1. The first-order valence-corrected chi connectivity index (χ1v) is 9.00. The fourth-order valence-corrected chi connectivity index (χ4v) is 3.89. The van der Waals surface area contributed by atoms with E-state index in [-0.39, 0.29) is 12.1 Å². The van der Waals surface area contributed by atoms with Crippen LogP contribution in [0.15, 0.2) is 0 Å². The molecule has 1 aromatic heterocycles. The first-order valence-electron chi connectivity index (χ1n) is 8.19. The van der Waals surface area contributed by atoms with Crippen molar-refractivity contribution in [2.24, 2.45) is 5.92 Å². The standard InChI is InChI=1S/C16H27N3O2S/c1-11-14(19-12(2)22-11)10-18-16(21)17-9-5-7-13-6-3-4-8-15(13)20/h13,15,20H,3-10H2,1-2H3,(H2,17,18,21). The number of carbonyl (C=O) groups is 1. The van der Waals surface area contributed by atoms with E-state index in [4.69, 9.17) is 0 Å². The Labute approximate surface area is 136 Å². The van der Waals surface area contributed by atoms with Crippen LogP contribution in [0.4, 0.5) is 4.79 Å². The number of urea groups is 1. The molecule has 1 aromatic rings. The second kappa shape index (κ2) is 8.48. The highest BCUT2D eigenvalue weighted by Crippen LogP contribution is 2.27. The Balaban J connectivity index is 1.58. The van der Waals surface area contributed by atoms with Crippen LogP contribution in [-0.2, 0) is 6.54 Å². The van der Waals surface area contributed by atoms with Crippen molar-refractivity contribution in [3.8, 4) is 0 Å². The zero-order chi connectivity index (χ0) is 15.9. The second-order valence-corrected chi connectivity index (χ2v) is 7.51. The van der Waals surface area contributed by atoms with E-state index in [1.54, 1.807) is 11.3 Å². The van der Waals surface area contributed by atoms with Gasteiger partial charge in [-0.25, -0.2) is 9.78 Å². The van der Waals surface area contributed by atoms with Crippen molar-refractivity contribution < 1.29 is 9.90 Å². The van der Waals surface area contributed by atoms with Crippen molar-refractivity contribution in [2.45, 2.75) is 65.0 Å². The average Bonchev–Trinajstić information content (AvgIpc) is 2.81. The normalized spacial score (nSPS) is 21.6. The minimum atomic E-state index is -0.144. The third kappa shape index (κ3) is 5.25. The number of hydrogen-bond acceptors (Lipinski definition) is 4. The fraction of sp³-hybridized carbons (Fsp3) is 0.750. The van der Waals surface area contributed by atoms with Crippen molar-refractivity contribution in [1.29, 1.82) is 0 Å². The van der Waals surface area contributed by atoms with E-state index in [9.17, 15) is 9.90 Å². The zero-order valence-corrected chi connectivity index (χ0v) is 14.3. The Bertz CT molecular complexity index is 490. The van der Waals surface area contributed by atoms with Gasteiger partial charge in [-0.15, -0.1) is 11.3 Å². The molecule has 0 aliphatic heterocycles. The molecule has 1 saturated carbocycles. The molecule has 6 heteroatoms.